The number of hydrogen-bond donors (Lipinski definition) is 2. The fourth-order valence-corrected chi connectivity index (χ4v) is 4.97. The number of rotatable bonds is 5. The van der Waals surface area contributed by atoms with Crippen molar-refractivity contribution < 1.29 is 4.74 Å². The van der Waals surface area contributed by atoms with Gasteiger partial charge in [0.1, 0.15) is 23.6 Å². The smallest absolute Gasteiger partial charge is 0.164 e. The fourth-order valence-electron chi connectivity index (χ4n) is 3.84. The molecule has 0 spiro atoms. The minimum absolute atomic E-state index is 0.427. The second-order valence-corrected chi connectivity index (χ2v) is 8.46. The summed E-state index contributed by atoms with van der Waals surface area (Å²) in [5.41, 5.74) is 11.1. The second-order valence-electron chi connectivity index (χ2n) is 7.41. The lowest BCUT2D eigenvalue weighted by Crippen LogP contribution is -2.04. The van der Waals surface area contributed by atoms with E-state index in [2.05, 4.69) is 46.5 Å². The van der Waals surface area contributed by atoms with E-state index in [0.717, 1.165) is 54.3 Å². The number of methoxy groups -OCH3 is 1. The van der Waals surface area contributed by atoms with Gasteiger partial charge >= 0.3 is 0 Å². The van der Waals surface area contributed by atoms with E-state index in [-0.39, 0.29) is 0 Å². The first-order chi connectivity index (χ1) is 15.1. The van der Waals surface area contributed by atoms with Crippen LogP contribution in [0.2, 0.25) is 0 Å². The number of hydrogen-bond acceptors (Lipinski definition) is 7. The van der Waals surface area contributed by atoms with Crippen molar-refractivity contribution in [2.75, 3.05) is 25.2 Å². The molecule has 31 heavy (non-hydrogen) atoms. The van der Waals surface area contributed by atoms with E-state index >= 15 is 0 Å². The van der Waals surface area contributed by atoms with Crippen LogP contribution < -0.4 is 15.8 Å². The van der Waals surface area contributed by atoms with Crippen LogP contribution in [0.5, 0.6) is 5.75 Å². The van der Waals surface area contributed by atoms with Gasteiger partial charge in [0, 0.05) is 12.7 Å². The van der Waals surface area contributed by atoms with Crippen LogP contribution in [0.1, 0.15) is 11.1 Å². The zero-order chi connectivity index (χ0) is 21.5. The van der Waals surface area contributed by atoms with E-state index in [1.807, 2.05) is 29.9 Å². The van der Waals surface area contributed by atoms with Gasteiger partial charge in [-0.3, -0.25) is 0 Å². The molecule has 0 saturated carbocycles. The van der Waals surface area contributed by atoms with Crippen molar-refractivity contribution in [3.63, 3.8) is 0 Å². The van der Waals surface area contributed by atoms with Crippen LogP contribution in [0.25, 0.3) is 31.7 Å². The second kappa shape index (κ2) is 7.55. The zero-order valence-electron chi connectivity index (χ0n) is 17.5. The van der Waals surface area contributed by atoms with Crippen LogP contribution >= 0.6 is 11.3 Å². The van der Waals surface area contributed by atoms with Crippen molar-refractivity contribution in [1.29, 1.82) is 0 Å². The van der Waals surface area contributed by atoms with E-state index < -0.39 is 0 Å². The van der Waals surface area contributed by atoms with Gasteiger partial charge in [0.25, 0.3) is 0 Å². The van der Waals surface area contributed by atoms with Crippen molar-refractivity contribution in [2.45, 2.75) is 13.5 Å². The molecular formula is C23H22N6OS. The minimum atomic E-state index is 0.427. The topological polar surface area (TPSA) is 90.9 Å². The number of nitrogens with one attached hydrogen (secondary N) is 1. The lowest BCUT2D eigenvalue weighted by molar-refractivity contribution is 0.420. The fraction of sp³-hybridized carbons (Fsp3) is 0.174. The summed E-state index contributed by atoms with van der Waals surface area (Å²) in [5.74, 6) is 1.29. The highest BCUT2D eigenvalue weighted by Gasteiger charge is 2.20. The highest BCUT2D eigenvalue weighted by molar-refractivity contribution is 7.22. The predicted octanol–water partition coefficient (Wildman–Crippen LogP) is 4.70. The number of ether oxygens (including phenoxy) is 1. The van der Waals surface area contributed by atoms with E-state index in [4.69, 9.17) is 15.6 Å². The van der Waals surface area contributed by atoms with Crippen molar-refractivity contribution in [3.05, 3.63) is 59.9 Å². The highest BCUT2D eigenvalue weighted by Crippen LogP contribution is 2.41. The largest absolute Gasteiger partial charge is 0.495 e. The van der Waals surface area contributed by atoms with E-state index in [0.29, 0.717) is 12.4 Å². The highest BCUT2D eigenvalue weighted by atomic mass is 32.1. The number of nitrogen functional groups attached to an aromatic ring is 1. The normalized spacial score (nSPS) is 11.3. The average molecular weight is 431 g/mol. The molecule has 0 aliphatic heterocycles. The van der Waals surface area contributed by atoms with Crippen molar-refractivity contribution >= 4 is 44.0 Å². The Morgan fingerprint density at radius 2 is 2.03 bits per heavy atom. The number of aryl methyl sites for hydroxylation is 1. The van der Waals surface area contributed by atoms with Crippen molar-refractivity contribution in [1.82, 2.24) is 19.7 Å². The maximum absolute atomic E-state index is 6.29. The average Bonchev–Trinajstić information content (AvgIpc) is 3.35. The number of nitrogens with two attached hydrogens (primary N) is 1. The number of anilines is 2. The molecule has 2 aromatic carbocycles. The van der Waals surface area contributed by atoms with E-state index in [1.165, 1.54) is 6.33 Å². The zero-order valence-corrected chi connectivity index (χ0v) is 18.3. The number of nitrogens with zero attached hydrogens (tertiary/aromatic N) is 4. The third-order valence-electron chi connectivity index (χ3n) is 5.29. The first kappa shape index (κ1) is 19.3. The number of aromatic nitrogens is 4. The minimum Gasteiger partial charge on any atom is -0.495 e. The molecular weight excluding hydrogens is 408 g/mol. The lowest BCUT2D eigenvalue weighted by Gasteiger charge is -2.06. The Morgan fingerprint density at radius 3 is 2.84 bits per heavy atom. The Balaban J connectivity index is 1.68. The first-order valence-electron chi connectivity index (χ1n) is 9.89. The van der Waals surface area contributed by atoms with Crippen LogP contribution in [-0.2, 0) is 6.54 Å². The summed E-state index contributed by atoms with van der Waals surface area (Å²) in [6.07, 6.45) is 1.49. The number of benzene rings is 2. The van der Waals surface area contributed by atoms with Gasteiger partial charge in [-0.2, -0.15) is 5.10 Å². The first-order valence-corrected chi connectivity index (χ1v) is 10.7. The molecule has 5 rings (SSSR count). The van der Waals surface area contributed by atoms with Crippen LogP contribution in [0.15, 0.2) is 48.8 Å². The van der Waals surface area contributed by atoms with Crippen LogP contribution in [0, 0.1) is 6.92 Å². The van der Waals surface area contributed by atoms with Gasteiger partial charge in [-0.25, -0.2) is 14.6 Å². The Kier molecular flexibility index (Phi) is 4.71. The maximum Gasteiger partial charge on any atom is 0.164 e. The molecule has 0 aliphatic rings. The van der Waals surface area contributed by atoms with Crippen LogP contribution in [0.4, 0.5) is 11.5 Å². The van der Waals surface area contributed by atoms with Gasteiger partial charge in [-0.1, -0.05) is 18.2 Å². The van der Waals surface area contributed by atoms with Crippen LogP contribution in [-0.4, -0.2) is 33.9 Å². The van der Waals surface area contributed by atoms with E-state index in [9.17, 15) is 0 Å². The molecule has 8 heteroatoms. The SMILES string of the molecule is CNc1cccc(Cn2nc(-c3cc4cc(C)cc(OC)c4s3)c3c(N)ncnc32)c1. The monoisotopic (exact) mass is 430 g/mol. The molecule has 156 valence electrons. The standard InChI is InChI=1S/C23H22N6OS/c1-13-7-15-10-18(31-21(15)17(8-13)30-3)20-19-22(24)26-12-27-23(19)29(28-20)11-14-5-4-6-16(9-14)25-2/h4-10,12,25H,11H2,1-3H3,(H2,24,26,27). The van der Waals surface area contributed by atoms with Crippen molar-refractivity contribution in [2.24, 2.45) is 0 Å². The Bertz CT molecular complexity index is 1420. The number of fused-ring (bicyclic) bond motifs is 2. The summed E-state index contributed by atoms with van der Waals surface area (Å²) < 4.78 is 8.58. The van der Waals surface area contributed by atoms with Gasteiger partial charge in [0.15, 0.2) is 5.65 Å². The molecule has 5 aromatic rings. The molecule has 0 amide bonds. The summed E-state index contributed by atoms with van der Waals surface area (Å²) in [5, 5.41) is 10.00. The molecule has 0 bridgehead atoms. The Hall–Kier alpha value is -3.65. The van der Waals surface area contributed by atoms with E-state index in [1.54, 1.807) is 18.4 Å². The number of thiophene rings is 1. The molecule has 3 N–H and O–H groups in total. The third kappa shape index (κ3) is 3.34. The van der Waals surface area contributed by atoms with Crippen molar-refractivity contribution in [3.8, 4) is 16.3 Å². The molecule has 0 atom stereocenters. The van der Waals surface area contributed by atoms with Gasteiger partial charge in [0.05, 0.1) is 28.6 Å². The molecule has 0 radical (unpaired) electrons. The lowest BCUT2D eigenvalue weighted by atomic mass is 10.1. The van der Waals surface area contributed by atoms with Gasteiger partial charge in [0.2, 0.25) is 0 Å². The molecule has 7 nitrogen and oxygen atoms in total. The van der Waals surface area contributed by atoms with Gasteiger partial charge in [-0.05, 0) is 47.7 Å². The molecule has 3 heterocycles. The summed E-state index contributed by atoms with van der Waals surface area (Å²) in [4.78, 5) is 9.74. The molecule has 0 saturated heterocycles. The molecule has 0 aliphatic carbocycles. The van der Waals surface area contributed by atoms with Crippen LogP contribution in [0.3, 0.4) is 0 Å². The van der Waals surface area contributed by atoms with Gasteiger partial charge in [-0.15, -0.1) is 11.3 Å². The third-order valence-corrected chi connectivity index (χ3v) is 6.46. The quantitative estimate of drug-likeness (QED) is 0.420. The molecule has 3 aromatic heterocycles. The van der Waals surface area contributed by atoms with Gasteiger partial charge < -0.3 is 15.8 Å². The Labute approximate surface area is 183 Å². The molecule has 0 fully saturated rings. The Morgan fingerprint density at radius 1 is 1.16 bits per heavy atom. The maximum atomic E-state index is 6.29. The summed E-state index contributed by atoms with van der Waals surface area (Å²) in [7, 11) is 3.61. The molecule has 0 unspecified atom stereocenters. The predicted molar refractivity (Wildman–Crippen MR) is 127 cm³/mol. The summed E-state index contributed by atoms with van der Waals surface area (Å²) in [6.45, 7) is 2.64. The summed E-state index contributed by atoms with van der Waals surface area (Å²) in [6, 6.07) is 14.6. The summed E-state index contributed by atoms with van der Waals surface area (Å²) >= 11 is 1.64.